The van der Waals surface area contributed by atoms with Crippen LogP contribution in [0.4, 0.5) is 0 Å². The van der Waals surface area contributed by atoms with Gasteiger partial charge in [-0.2, -0.15) is 0 Å². The number of benzene rings is 2. The molecule has 2 aromatic carbocycles. The third kappa shape index (κ3) is 7.80. The second-order valence-corrected chi connectivity index (χ2v) is 10.3. The van der Waals surface area contributed by atoms with Crippen molar-refractivity contribution in [3.8, 4) is 5.75 Å². The predicted molar refractivity (Wildman–Crippen MR) is 155 cm³/mol. The Morgan fingerprint density at radius 3 is 2.31 bits per heavy atom. The van der Waals surface area contributed by atoms with Crippen LogP contribution in [-0.4, -0.2) is 54.7 Å². The minimum atomic E-state index is -1.21. The standard InChI is InChI=1S/C32H43N3O4/c1-4-18-35(19-5-2)30(37)26-12-9-17-32(21-26,31(33)38)28(20-24-10-7-6-8-11-24)29(36)23-34-22-25-13-15-27(39-3)16-14-25/h6-17,28-29,34,36H,4-5,18-23H2,1-3H3,(H2,33,38)/t28-,29+,32?/m1/s1. The van der Waals surface area contributed by atoms with E-state index >= 15 is 0 Å². The van der Waals surface area contributed by atoms with E-state index in [1.807, 2.05) is 73.3 Å². The molecule has 4 N–H and O–H groups in total. The maximum Gasteiger partial charge on any atom is 0.249 e. The average Bonchev–Trinajstić information content (AvgIpc) is 2.96. The van der Waals surface area contributed by atoms with Crippen LogP contribution in [0.15, 0.2) is 78.4 Å². The Bertz CT molecular complexity index is 1120. The molecule has 0 fully saturated rings. The number of ether oxygens (including phenoxy) is 1. The van der Waals surface area contributed by atoms with Gasteiger partial charge in [-0.15, -0.1) is 0 Å². The van der Waals surface area contributed by atoms with Gasteiger partial charge in [-0.05, 0) is 48.9 Å². The van der Waals surface area contributed by atoms with E-state index in [2.05, 4.69) is 5.32 Å². The van der Waals surface area contributed by atoms with Crippen LogP contribution in [0.3, 0.4) is 0 Å². The molecular weight excluding hydrogens is 490 g/mol. The molecule has 1 aliphatic carbocycles. The van der Waals surface area contributed by atoms with Crippen molar-refractivity contribution in [2.45, 2.75) is 52.2 Å². The molecule has 0 spiro atoms. The number of hydrogen-bond donors (Lipinski definition) is 3. The van der Waals surface area contributed by atoms with Crippen molar-refractivity contribution < 1.29 is 19.4 Å². The molecule has 0 aromatic heterocycles. The van der Waals surface area contributed by atoms with Gasteiger partial charge in [0.25, 0.3) is 0 Å². The Hall–Kier alpha value is -3.42. The van der Waals surface area contributed by atoms with E-state index in [0.29, 0.717) is 31.6 Å². The largest absolute Gasteiger partial charge is 0.497 e. The Kier molecular flexibility index (Phi) is 11.3. The molecule has 0 bridgehead atoms. The van der Waals surface area contributed by atoms with Crippen LogP contribution in [0.5, 0.6) is 5.75 Å². The Morgan fingerprint density at radius 1 is 1.05 bits per heavy atom. The maximum absolute atomic E-state index is 13.5. The zero-order valence-electron chi connectivity index (χ0n) is 23.4. The van der Waals surface area contributed by atoms with Gasteiger partial charge in [-0.1, -0.05) is 74.5 Å². The van der Waals surface area contributed by atoms with E-state index in [1.165, 1.54) is 0 Å². The van der Waals surface area contributed by atoms with E-state index < -0.39 is 23.3 Å². The van der Waals surface area contributed by atoms with Crippen LogP contribution in [0, 0.1) is 11.3 Å². The van der Waals surface area contributed by atoms with Crippen molar-refractivity contribution in [3.05, 3.63) is 89.5 Å². The number of nitrogens with one attached hydrogen (secondary N) is 1. The number of methoxy groups -OCH3 is 1. The fourth-order valence-electron chi connectivity index (χ4n) is 5.36. The quantitative estimate of drug-likeness (QED) is 0.321. The van der Waals surface area contributed by atoms with Gasteiger partial charge in [0, 0.05) is 37.7 Å². The summed E-state index contributed by atoms with van der Waals surface area (Å²) in [6.07, 6.45) is 6.75. The number of aliphatic hydroxyl groups excluding tert-OH is 1. The average molecular weight is 534 g/mol. The first-order valence-corrected chi connectivity index (χ1v) is 13.9. The topological polar surface area (TPSA) is 105 Å². The van der Waals surface area contributed by atoms with E-state index in [1.54, 1.807) is 25.3 Å². The molecule has 1 aliphatic rings. The summed E-state index contributed by atoms with van der Waals surface area (Å²) in [6, 6.07) is 17.5. The van der Waals surface area contributed by atoms with Crippen molar-refractivity contribution in [1.29, 1.82) is 0 Å². The van der Waals surface area contributed by atoms with Crippen LogP contribution in [-0.2, 0) is 22.6 Å². The third-order valence-electron chi connectivity index (χ3n) is 7.45. The third-order valence-corrected chi connectivity index (χ3v) is 7.45. The number of allylic oxidation sites excluding steroid dienone is 2. The highest BCUT2D eigenvalue weighted by Gasteiger charge is 2.47. The van der Waals surface area contributed by atoms with Crippen LogP contribution in [0.2, 0.25) is 0 Å². The van der Waals surface area contributed by atoms with Crippen LogP contribution in [0.1, 0.15) is 44.2 Å². The Morgan fingerprint density at radius 2 is 1.72 bits per heavy atom. The second-order valence-electron chi connectivity index (χ2n) is 10.3. The number of primary amides is 1. The summed E-state index contributed by atoms with van der Waals surface area (Å²) in [5.74, 6) is -0.368. The normalized spacial score (nSPS) is 18.2. The number of nitrogens with zero attached hydrogens (tertiary/aromatic N) is 1. The van der Waals surface area contributed by atoms with Gasteiger partial charge < -0.3 is 25.8 Å². The summed E-state index contributed by atoms with van der Waals surface area (Å²) in [5, 5.41) is 14.9. The van der Waals surface area contributed by atoms with Crippen LogP contribution < -0.4 is 15.8 Å². The lowest BCUT2D eigenvalue weighted by Gasteiger charge is -2.41. The molecule has 7 heteroatoms. The van der Waals surface area contributed by atoms with Gasteiger partial charge in [0.2, 0.25) is 11.8 Å². The smallest absolute Gasteiger partial charge is 0.249 e. The van der Waals surface area contributed by atoms with Gasteiger partial charge in [0.15, 0.2) is 0 Å². The van der Waals surface area contributed by atoms with Crippen molar-refractivity contribution in [3.63, 3.8) is 0 Å². The Labute approximate surface area is 232 Å². The number of carbonyl (C=O) groups is 2. The van der Waals surface area contributed by atoms with Crippen LogP contribution >= 0.6 is 0 Å². The zero-order chi connectivity index (χ0) is 28.3. The number of carbonyl (C=O) groups excluding carboxylic acids is 2. The molecule has 3 atom stereocenters. The molecule has 2 amide bonds. The number of nitrogens with two attached hydrogens (primary N) is 1. The molecule has 3 rings (SSSR count). The number of amides is 2. The predicted octanol–water partition coefficient (Wildman–Crippen LogP) is 4.01. The first-order valence-electron chi connectivity index (χ1n) is 13.9. The van der Waals surface area contributed by atoms with Gasteiger partial charge in [-0.25, -0.2) is 0 Å². The maximum atomic E-state index is 13.5. The first-order chi connectivity index (χ1) is 18.8. The molecule has 0 saturated heterocycles. The fraction of sp³-hybridized carbons (Fsp3) is 0.438. The summed E-state index contributed by atoms with van der Waals surface area (Å²) >= 11 is 0. The second kappa shape index (κ2) is 14.7. The van der Waals surface area contributed by atoms with Gasteiger partial charge in [-0.3, -0.25) is 9.59 Å². The molecule has 210 valence electrons. The number of aliphatic hydroxyl groups is 1. The van der Waals surface area contributed by atoms with Crippen molar-refractivity contribution in [1.82, 2.24) is 10.2 Å². The minimum Gasteiger partial charge on any atom is -0.497 e. The Balaban J connectivity index is 1.85. The highest BCUT2D eigenvalue weighted by Crippen LogP contribution is 2.43. The van der Waals surface area contributed by atoms with Gasteiger partial charge >= 0.3 is 0 Å². The first kappa shape index (κ1) is 30.1. The lowest BCUT2D eigenvalue weighted by atomic mass is 9.64. The SMILES string of the molecule is CCCN(CCC)C(=O)C1=CC=CC(C(N)=O)([C@H](Cc2ccccc2)[C@@H](O)CNCc2ccc(OC)cc2)C1. The minimum absolute atomic E-state index is 0.0701. The lowest BCUT2D eigenvalue weighted by Crippen LogP contribution is -2.51. The molecule has 2 aromatic rings. The van der Waals surface area contributed by atoms with Gasteiger partial charge in [0.05, 0.1) is 18.6 Å². The van der Waals surface area contributed by atoms with Crippen molar-refractivity contribution >= 4 is 11.8 Å². The highest BCUT2D eigenvalue weighted by molar-refractivity contribution is 5.96. The van der Waals surface area contributed by atoms with E-state index in [9.17, 15) is 14.7 Å². The fourth-order valence-corrected chi connectivity index (χ4v) is 5.36. The molecule has 7 nitrogen and oxygen atoms in total. The summed E-state index contributed by atoms with van der Waals surface area (Å²) < 4.78 is 5.23. The summed E-state index contributed by atoms with van der Waals surface area (Å²) in [5.41, 5.74) is 7.50. The number of rotatable bonds is 15. The molecule has 0 heterocycles. The number of hydrogen-bond acceptors (Lipinski definition) is 5. The summed E-state index contributed by atoms with van der Waals surface area (Å²) in [7, 11) is 1.63. The summed E-state index contributed by atoms with van der Waals surface area (Å²) in [6.45, 7) is 6.21. The van der Waals surface area contributed by atoms with Crippen molar-refractivity contribution in [2.75, 3.05) is 26.7 Å². The lowest BCUT2D eigenvalue weighted by molar-refractivity contribution is -0.132. The van der Waals surface area contributed by atoms with E-state index in [4.69, 9.17) is 10.5 Å². The van der Waals surface area contributed by atoms with Gasteiger partial charge in [0.1, 0.15) is 5.75 Å². The molecule has 39 heavy (non-hydrogen) atoms. The summed E-state index contributed by atoms with van der Waals surface area (Å²) in [4.78, 5) is 28.6. The molecule has 0 radical (unpaired) electrons. The molecule has 0 aliphatic heterocycles. The zero-order valence-corrected chi connectivity index (χ0v) is 23.4. The van der Waals surface area contributed by atoms with Crippen LogP contribution in [0.25, 0.3) is 0 Å². The van der Waals surface area contributed by atoms with E-state index in [0.717, 1.165) is 29.7 Å². The monoisotopic (exact) mass is 533 g/mol. The molecule has 1 unspecified atom stereocenters. The van der Waals surface area contributed by atoms with Crippen molar-refractivity contribution in [2.24, 2.45) is 17.1 Å². The highest BCUT2D eigenvalue weighted by atomic mass is 16.5. The molecule has 0 saturated carbocycles. The molecular formula is C32H43N3O4. The van der Waals surface area contributed by atoms with E-state index in [-0.39, 0.29) is 18.9 Å².